The molecule has 10 heterocycles. The van der Waals surface area contributed by atoms with E-state index in [4.69, 9.17) is 44.3 Å². The monoisotopic (exact) mass is 1090 g/mol. The summed E-state index contributed by atoms with van der Waals surface area (Å²) in [7, 11) is 0. The smallest absolute Gasteiger partial charge is 0.230 e. The quantitative estimate of drug-likeness (QED) is 0.146. The lowest BCUT2D eigenvalue weighted by Crippen LogP contribution is -2.17. The molecule has 13 heteroatoms. The summed E-state index contributed by atoms with van der Waals surface area (Å²) in [6.45, 7) is 0. The molecular formula is C72H42N12O. The lowest BCUT2D eigenvalue weighted by atomic mass is 9.95. The molecule has 8 aromatic carbocycles. The minimum atomic E-state index is 0.333. The Hall–Kier alpha value is -12.0. The van der Waals surface area contributed by atoms with Gasteiger partial charge in [0.25, 0.3) is 0 Å². The van der Waals surface area contributed by atoms with Gasteiger partial charge in [-0.15, -0.1) is 0 Å². The van der Waals surface area contributed by atoms with Gasteiger partial charge < -0.3 is 22.7 Å². The van der Waals surface area contributed by atoms with E-state index in [-0.39, 0.29) is 0 Å². The third-order valence-corrected chi connectivity index (χ3v) is 16.4. The zero-order valence-electron chi connectivity index (χ0n) is 45.0. The molecule has 13 nitrogen and oxygen atoms in total. The standard InChI is InChI=1S/C72H42N12O/c1-3-21-43(22-4-1)69-78-70(44-23-5-2-6-24-44)80-71(79-69)59-60(72-77-49-29-11-16-38-58(49)85-72)66(82-51-31-13-8-26-46(51)62-55(82)35-18-40-74-62)68(84-53-33-15-10-28-48(53)64-57(84)37-20-42-76-64)67(83-52-32-14-9-27-47(52)63-56(83)36-19-41-75-63)65(59)81-50-30-12-7-25-45(50)61-54(81)34-17-39-73-61/h1-42H. The number of rotatable bonds is 8. The van der Waals surface area contributed by atoms with Crippen LogP contribution in [0.15, 0.2) is 260 Å². The van der Waals surface area contributed by atoms with Crippen LogP contribution < -0.4 is 0 Å². The first-order valence-electron chi connectivity index (χ1n) is 28.1. The van der Waals surface area contributed by atoms with Crippen LogP contribution in [0.1, 0.15) is 0 Å². The Kier molecular flexibility index (Phi) is 10.1. The first-order valence-corrected chi connectivity index (χ1v) is 28.1. The van der Waals surface area contributed by atoms with Crippen molar-refractivity contribution >= 4 is 98.8 Å². The predicted molar refractivity (Wildman–Crippen MR) is 338 cm³/mol. The molecule has 0 fully saturated rings. The van der Waals surface area contributed by atoms with Gasteiger partial charge in [0.1, 0.15) is 5.52 Å². The van der Waals surface area contributed by atoms with Gasteiger partial charge in [0.05, 0.1) is 100 Å². The van der Waals surface area contributed by atoms with E-state index in [0.717, 1.165) is 110 Å². The summed E-state index contributed by atoms with van der Waals surface area (Å²) >= 11 is 0. The van der Waals surface area contributed by atoms with Gasteiger partial charge in [0.2, 0.25) is 5.89 Å². The van der Waals surface area contributed by atoms with E-state index >= 15 is 0 Å². The number of aromatic nitrogens is 12. The minimum Gasteiger partial charge on any atom is -0.436 e. The van der Waals surface area contributed by atoms with Crippen LogP contribution >= 0.6 is 0 Å². The molecule has 85 heavy (non-hydrogen) atoms. The zero-order valence-corrected chi connectivity index (χ0v) is 45.0. The second kappa shape index (κ2) is 18.3. The van der Waals surface area contributed by atoms with Crippen LogP contribution in [-0.4, -0.2) is 58.1 Å². The molecule has 18 aromatic rings. The fourth-order valence-corrected chi connectivity index (χ4v) is 13.0. The van der Waals surface area contributed by atoms with Gasteiger partial charge >= 0.3 is 0 Å². The maximum Gasteiger partial charge on any atom is 0.230 e. The number of benzene rings is 8. The van der Waals surface area contributed by atoms with E-state index in [1.165, 1.54) is 0 Å². The van der Waals surface area contributed by atoms with Crippen molar-refractivity contribution in [1.82, 2.24) is 58.1 Å². The van der Waals surface area contributed by atoms with Gasteiger partial charge in [0.15, 0.2) is 23.1 Å². The summed E-state index contributed by atoms with van der Waals surface area (Å²) in [5, 5.41) is 3.84. The molecule has 0 bridgehead atoms. The number of hydrogen-bond donors (Lipinski definition) is 0. The average molecular weight is 1090 g/mol. The highest BCUT2D eigenvalue weighted by Crippen LogP contribution is 2.54. The second-order valence-corrected chi connectivity index (χ2v) is 21.1. The Morgan fingerprint density at radius 3 is 1.00 bits per heavy atom. The Morgan fingerprint density at radius 1 is 0.259 bits per heavy atom. The van der Waals surface area contributed by atoms with Gasteiger partial charge in [-0.3, -0.25) is 19.9 Å². The molecule has 0 aliphatic heterocycles. The lowest BCUT2D eigenvalue weighted by molar-refractivity contribution is 0.619. The van der Waals surface area contributed by atoms with Crippen molar-refractivity contribution in [3.63, 3.8) is 0 Å². The highest BCUT2D eigenvalue weighted by molar-refractivity contribution is 6.16. The van der Waals surface area contributed by atoms with E-state index in [0.29, 0.717) is 57.0 Å². The first kappa shape index (κ1) is 46.8. The molecule has 0 amide bonds. The van der Waals surface area contributed by atoms with Gasteiger partial charge in [-0.1, -0.05) is 146 Å². The topological polar surface area (TPSA) is 136 Å². The van der Waals surface area contributed by atoms with Crippen LogP contribution in [0.5, 0.6) is 0 Å². The van der Waals surface area contributed by atoms with Crippen LogP contribution in [0, 0.1) is 0 Å². The van der Waals surface area contributed by atoms with Crippen molar-refractivity contribution in [2.75, 3.05) is 0 Å². The van der Waals surface area contributed by atoms with Crippen molar-refractivity contribution in [2.45, 2.75) is 0 Å². The molecule has 0 radical (unpaired) electrons. The number of fused-ring (bicyclic) bond motifs is 13. The van der Waals surface area contributed by atoms with Gasteiger partial charge in [-0.05, 0) is 84.9 Å². The number of para-hydroxylation sites is 6. The average Bonchev–Trinajstić information content (AvgIpc) is 1.70. The Balaban J connectivity index is 1.22. The summed E-state index contributed by atoms with van der Waals surface area (Å²) < 4.78 is 16.9. The van der Waals surface area contributed by atoms with Crippen molar-refractivity contribution in [2.24, 2.45) is 0 Å². The Bertz CT molecular complexity index is 5450. The Labute approximate surface area is 482 Å². The van der Waals surface area contributed by atoms with Gasteiger partial charge in [-0.25, -0.2) is 19.9 Å². The minimum absolute atomic E-state index is 0.333. The fraction of sp³-hybridized carbons (Fsp3) is 0. The molecule has 0 N–H and O–H groups in total. The summed E-state index contributed by atoms with van der Waals surface area (Å²) in [5.74, 6) is 1.65. The molecule has 0 aliphatic rings. The molecule has 0 spiro atoms. The van der Waals surface area contributed by atoms with Crippen LogP contribution in [0.3, 0.4) is 0 Å². The highest BCUT2D eigenvalue weighted by Gasteiger charge is 2.38. The molecule has 10 aromatic heterocycles. The number of pyridine rings is 4. The van der Waals surface area contributed by atoms with Gasteiger partial charge in [0, 0.05) is 57.5 Å². The molecule has 0 atom stereocenters. The Morgan fingerprint density at radius 2 is 0.588 bits per heavy atom. The van der Waals surface area contributed by atoms with E-state index < -0.39 is 0 Å². The lowest BCUT2D eigenvalue weighted by Gasteiger charge is -2.29. The first-order chi connectivity index (χ1) is 42.2. The van der Waals surface area contributed by atoms with Crippen LogP contribution in [0.2, 0.25) is 0 Å². The van der Waals surface area contributed by atoms with Crippen molar-refractivity contribution in [1.29, 1.82) is 0 Å². The number of oxazole rings is 1. The molecule has 0 aliphatic carbocycles. The van der Waals surface area contributed by atoms with Crippen LogP contribution in [-0.2, 0) is 0 Å². The van der Waals surface area contributed by atoms with E-state index in [1.807, 2.05) is 134 Å². The molecule has 396 valence electrons. The van der Waals surface area contributed by atoms with Crippen molar-refractivity contribution in [3.05, 3.63) is 255 Å². The summed E-state index contributed by atoms with van der Waals surface area (Å²) in [6, 6.07) is 78.9. The summed E-state index contributed by atoms with van der Waals surface area (Å²) in [5.41, 5.74) is 17.4. The number of hydrogen-bond acceptors (Lipinski definition) is 9. The fourth-order valence-electron chi connectivity index (χ4n) is 13.0. The third kappa shape index (κ3) is 6.86. The molecule has 0 unspecified atom stereocenters. The second-order valence-electron chi connectivity index (χ2n) is 21.1. The van der Waals surface area contributed by atoms with Gasteiger partial charge in [-0.2, -0.15) is 0 Å². The molecule has 18 rings (SSSR count). The molecule has 0 saturated carbocycles. The molecule has 0 saturated heterocycles. The van der Waals surface area contributed by atoms with E-state index in [1.54, 1.807) is 0 Å². The predicted octanol–water partition coefficient (Wildman–Crippen LogP) is 16.6. The van der Waals surface area contributed by atoms with E-state index in [2.05, 4.69) is 140 Å². The van der Waals surface area contributed by atoms with E-state index in [9.17, 15) is 0 Å². The van der Waals surface area contributed by atoms with Crippen molar-refractivity contribution in [3.8, 4) is 68.4 Å². The van der Waals surface area contributed by atoms with Crippen molar-refractivity contribution < 1.29 is 4.42 Å². The summed E-state index contributed by atoms with van der Waals surface area (Å²) in [6.07, 6.45) is 7.47. The SMILES string of the molecule is c1ccc(-c2nc(-c3ccccc3)nc(-c3c(-c4nc5ccccc5o4)c(-n4c5ccccc5c5ncccc54)c(-n4c5ccccc5c5ncccc54)c(-n4c5ccccc5c5ncccc54)c3-n3c4ccccc4c4ncccc43)n2)cc1. The normalized spacial score (nSPS) is 12.0. The third-order valence-electron chi connectivity index (χ3n) is 16.4. The zero-order chi connectivity index (χ0) is 55.7. The number of nitrogens with zero attached hydrogens (tertiary/aromatic N) is 12. The van der Waals surface area contributed by atoms with Crippen LogP contribution in [0.25, 0.3) is 167 Å². The van der Waals surface area contributed by atoms with Crippen LogP contribution in [0.4, 0.5) is 0 Å². The largest absolute Gasteiger partial charge is 0.436 e. The maximum absolute atomic E-state index is 7.40. The highest BCUT2D eigenvalue weighted by atomic mass is 16.3. The maximum atomic E-state index is 7.40. The molecular weight excluding hydrogens is 1050 g/mol. The summed E-state index contributed by atoms with van der Waals surface area (Å²) in [4.78, 5) is 43.4.